The molecule has 2 rings (SSSR count). The molecule has 2 atom stereocenters. The summed E-state index contributed by atoms with van der Waals surface area (Å²) < 4.78 is 5.88. The molecule has 0 aliphatic heterocycles. The van der Waals surface area contributed by atoms with Gasteiger partial charge in [0.15, 0.2) is 6.61 Å². The summed E-state index contributed by atoms with van der Waals surface area (Å²) >= 11 is 12.7. The van der Waals surface area contributed by atoms with Crippen molar-refractivity contribution in [3.63, 3.8) is 0 Å². The first-order valence-corrected chi connectivity index (χ1v) is 11.5. The van der Waals surface area contributed by atoms with E-state index in [1.54, 1.807) is 25.1 Å². The number of halogens is 2. The van der Waals surface area contributed by atoms with Crippen LogP contribution in [0.1, 0.15) is 49.4 Å². The number of amides is 2. The van der Waals surface area contributed by atoms with Gasteiger partial charge in [0.25, 0.3) is 5.91 Å². The van der Waals surface area contributed by atoms with Gasteiger partial charge in [0, 0.05) is 28.2 Å². The van der Waals surface area contributed by atoms with Crippen molar-refractivity contribution in [2.75, 3.05) is 6.61 Å². The van der Waals surface area contributed by atoms with Crippen LogP contribution < -0.4 is 10.1 Å². The van der Waals surface area contributed by atoms with Gasteiger partial charge in [-0.25, -0.2) is 0 Å². The molecular weight excluding hydrogens is 447 g/mol. The fraction of sp³-hybridized carbons (Fsp3) is 0.440. The highest BCUT2D eigenvalue weighted by Gasteiger charge is 2.28. The molecule has 7 heteroatoms. The zero-order chi connectivity index (χ0) is 24.0. The lowest BCUT2D eigenvalue weighted by molar-refractivity contribution is -0.142. The highest BCUT2D eigenvalue weighted by molar-refractivity contribution is 6.36. The van der Waals surface area contributed by atoms with E-state index in [-0.39, 0.29) is 31.0 Å². The first-order valence-electron chi connectivity index (χ1n) is 10.8. The summed E-state index contributed by atoms with van der Waals surface area (Å²) in [7, 11) is 0. The SMILES string of the molecule is CC[C@@H](C)NC(=O)[C@@H](C)N(Cc1c(Cl)cccc1Cl)C(=O)COc1cc(C)cc(C)c1C. The van der Waals surface area contributed by atoms with Crippen LogP contribution in [0.25, 0.3) is 0 Å². The van der Waals surface area contributed by atoms with Crippen molar-refractivity contribution in [1.82, 2.24) is 10.2 Å². The van der Waals surface area contributed by atoms with Crippen molar-refractivity contribution in [3.8, 4) is 5.75 Å². The van der Waals surface area contributed by atoms with Crippen LogP contribution in [-0.2, 0) is 16.1 Å². The zero-order valence-corrected chi connectivity index (χ0v) is 21.1. The van der Waals surface area contributed by atoms with Crippen LogP contribution in [0.4, 0.5) is 0 Å². The summed E-state index contributed by atoms with van der Waals surface area (Å²) in [5.74, 6) is 0.0908. The number of nitrogens with one attached hydrogen (secondary N) is 1. The van der Waals surface area contributed by atoms with Crippen molar-refractivity contribution < 1.29 is 14.3 Å². The van der Waals surface area contributed by atoms with E-state index in [0.717, 1.165) is 23.1 Å². The van der Waals surface area contributed by atoms with Crippen molar-refractivity contribution in [2.24, 2.45) is 0 Å². The Hall–Kier alpha value is -2.24. The average molecular weight is 479 g/mol. The molecule has 2 aromatic carbocycles. The van der Waals surface area contributed by atoms with E-state index in [1.807, 2.05) is 40.7 Å². The first-order chi connectivity index (χ1) is 15.0. The van der Waals surface area contributed by atoms with E-state index in [2.05, 4.69) is 11.4 Å². The second-order valence-corrected chi connectivity index (χ2v) is 9.02. The minimum atomic E-state index is -0.729. The molecule has 1 N–H and O–H groups in total. The number of ether oxygens (including phenoxy) is 1. The average Bonchev–Trinajstić information content (AvgIpc) is 2.74. The highest BCUT2D eigenvalue weighted by Crippen LogP contribution is 2.27. The summed E-state index contributed by atoms with van der Waals surface area (Å²) in [6.07, 6.45) is 0.790. The number of hydrogen-bond donors (Lipinski definition) is 1. The number of hydrogen-bond acceptors (Lipinski definition) is 3. The van der Waals surface area contributed by atoms with Crippen molar-refractivity contribution >= 4 is 35.0 Å². The van der Waals surface area contributed by atoms with E-state index in [1.165, 1.54) is 4.90 Å². The summed E-state index contributed by atoms with van der Waals surface area (Å²) in [6, 6.07) is 8.41. The standard InChI is InChI=1S/C25H32Cl2N2O3/c1-7-17(4)28-25(31)19(6)29(13-20-21(26)9-8-10-22(20)27)24(30)14-32-23-12-15(2)11-16(3)18(23)5/h8-12,17,19H,7,13-14H2,1-6H3,(H,28,31)/t17-,19-/m1/s1. The largest absolute Gasteiger partial charge is 0.483 e. The smallest absolute Gasteiger partial charge is 0.261 e. The molecule has 0 heterocycles. The van der Waals surface area contributed by atoms with Crippen LogP contribution >= 0.6 is 23.2 Å². The fourth-order valence-electron chi connectivity index (χ4n) is 3.27. The van der Waals surface area contributed by atoms with E-state index in [4.69, 9.17) is 27.9 Å². The van der Waals surface area contributed by atoms with E-state index in [0.29, 0.717) is 21.4 Å². The molecule has 0 spiro atoms. The van der Waals surface area contributed by atoms with Crippen LogP contribution in [-0.4, -0.2) is 35.4 Å². The predicted molar refractivity (Wildman–Crippen MR) is 131 cm³/mol. The molecule has 0 aliphatic carbocycles. The van der Waals surface area contributed by atoms with Crippen molar-refractivity contribution in [1.29, 1.82) is 0 Å². The van der Waals surface area contributed by atoms with Crippen LogP contribution in [0.5, 0.6) is 5.75 Å². The van der Waals surface area contributed by atoms with E-state index >= 15 is 0 Å². The molecule has 0 aliphatic rings. The lowest BCUT2D eigenvalue weighted by Crippen LogP contribution is -2.50. The maximum absolute atomic E-state index is 13.3. The van der Waals surface area contributed by atoms with Gasteiger partial charge in [0.2, 0.25) is 5.91 Å². The normalized spacial score (nSPS) is 12.8. The van der Waals surface area contributed by atoms with Crippen LogP contribution in [0.2, 0.25) is 10.0 Å². The van der Waals surface area contributed by atoms with Crippen LogP contribution in [0, 0.1) is 20.8 Å². The quantitative estimate of drug-likeness (QED) is 0.507. The van der Waals surface area contributed by atoms with Gasteiger partial charge < -0.3 is 15.0 Å². The highest BCUT2D eigenvalue weighted by atomic mass is 35.5. The molecule has 32 heavy (non-hydrogen) atoms. The lowest BCUT2D eigenvalue weighted by atomic mass is 10.1. The number of rotatable bonds is 9. The Kier molecular flexibility index (Phi) is 9.41. The third-order valence-electron chi connectivity index (χ3n) is 5.67. The molecule has 2 amide bonds. The number of aryl methyl sites for hydroxylation is 2. The summed E-state index contributed by atoms with van der Waals surface area (Å²) in [5, 5.41) is 3.82. The number of carbonyl (C=O) groups is 2. The molecule has 0 fully saturated rings. The molecule has 0 saturated heterocycles. The number of carbonyl (C=O) groups excluding carboxylic acids is 2. The van der Waals surface area contributed by atoms with Gasteiger partial charge >= 0.3 is 0 Å². The second kappa shape index (κ2) is 11.6. The summed E-state index contributed by atoms with van der Waals surface area (Å²) in [4.78, 5) is 27.5. The Morgan fingerprint density at radius 2 is 1.72 bits per heavy atom. The number of benzene rings is 2. The van der Waals surface area contributed by atoms with E-state index in [9.17, 15) is 9.59 Å². The Balaban J connectivity index is 2.28. The Labute approximate surface area is 201 Å². The molecule has 174 valence electrons. The Morgan fingerprint density at radius 1 is 1.09 bits per heavy atom. The predicted octanol–water partition coefficient (Wildman–Crippen LogP) is 5.63. The van der Waals surface area contributed by atoms with Gasteiger partial charge in [0.1, 0.15) is 11.8 Å². The van der Waals surface area contributed by atoms with E-state index < -0.39 is 6.04 Å². The van der Waals surface area contributed by atoms with Crippen LogP contribution in [0.15, 0.2) is 30.3 Å². The van der Waals surface area contributed by atoms with Gasteiger partial charge in [-0.05, 0) is 75.9 Å². The summed E-state index contributed by atoms with van der Waals surface area (Å²) in [6.45, 7) is 11.4. The third kappa shape index (κ3) is 6.63. The van der Waals surface area contributed by atoms with Gasteiger partial charge in [-0.3, -0.25) is 9.59 Å². The van der Waals surface area contributed by atoms with Crippen molar-refractivity contribution in [2.45, 2.75) is 66.6 Å². The molecule has 0 radical (unpaired) electrons. The maximum Gasteiger partial charge on any atom is 0.261 e. The molecule has 2 aromatic rings. The molecule has 0 unspecified atom stereocenters. The lowest BCUT2D eigenvalue weighted by Gasteiger charge is -2.30. The van der Waals surface area contributed by atoms with Crippen LogP contribution in [0.3, 0.4) is 0 Å². The maximum atomic E-state index is 13.3. The van der Waals surface area contributed by atoms with Gasteiger partial charge in [-0.1, -0.05) is 42.3 Å². The third-order valence-corrected chi connectivity index (χ3v) is 6.38. The monoisotopic (exact) mass is 478 g/mol. The van der Waals surface area contributed by atoms with Gasteiger partial charge in [-0.15, -0.1) is 0 Å². The Bertz CT molecular complexity index is 958. The first kappa shape index (κ1) is 26.0. The fourth-order valence-corrected chi connectivity index (χ4v) is 3.79. The molecule has 5 nitrogen and oxygen atoms in total. The zero-order valence-electron chi connectivity index (χ0n) is 19.6. The van der Waals surface area contributed by atoms with Gasteiger partial charge in [0.05, 0.1) is 0 Å². The molecule has 0 aromatic heterocycles. The topological polar surface area (TPSA) is 58.6 Å². The number of nitrogens with zero attached hydrogens (tertiary/aromatic N) is 1. The molecule has 0 saturated carbocycles. The van der Waals surface area contributed by atoms with Gasteiger partial charge in [-0.2, -0.15) is 0 Å². The Morgan fingerprint density at radius 3 is 2.31 bits per heavy atom. The summed E-state index contributed by atoms with van der Waals surface area (Å²) in [5.41, 5.74) is 3.71. The molecule has 0 bridgehead atoms. The minimum Gasteiger partial charge on any atom is -0.483 e. The molecular formula is C25H32Cl2N2O3. The minimum absolute atomic E-state index is 0.0000259. The van der Waals surface area contributed by atoms with Crippen molar-refractivity contribution in [3.05, 3.63) is 62.6 Å². The second-order valence-electron chi connectivity index (χ2n) is 8.21.